The van der Waals surface area contributed by atoms with Crippen molar-refractivity contribution < 1.29 is 9.84 Å². The average molecular weight is 145 g/mol. The summed E-state index contributed by atoms with van der Waals surface area (Å²) in [7, 11) is 0. The van der Waals surface area contributed by atoms with Gasteiger partial charge in [0.1, 0.15) is 0 Å². The van der Waals surface area contributed by atoms with Gasteiger partial charge in [-0.15, -0.1) is 0 Å². The second kappa shape index (κ2) is 3.91. The molecule has 1 heterocycles. The Morgan fingerprint density at radius 2 is 2.40 bits per heavy atom. The first-order chi connectivity index (χ1) is 4.83. The molecule has 1 aliphatic heterocycles. The minimum atomic E-state index is 0.266. The molecule has 3 nitrogen and oxygen atoms in total. The SMILES string of the molecule is C[C@@H](CCO)NC1COC1. The zero-order chi connectivity index (χ0) is 7.40. The van der Waals surface area contributed by atoms with Crippen molar-refractivity contribution in [1.82, 2.24) is 5.32 Å². The van der Waals surface area contributed by atoms with E-state index >= 15 is 0 Å². The third kappa shape index (κ3) is 2.25. The van der Waals surface area contributed by atoms with Crippen LogP contribution in [0.3, 0.4) is 0 Å². The van der Waals surface area contributed by atoms with E-state index in [1.165, 1.54) is 0 Å². The van der Waals surface area contributed by atoms with Gasteiger partial charge in [-0.25, -0.2) is 0 Å². The molecule has 0 spiro atoms. The molecule has 60 valence electrons. The zero-order valence-corrected chi connectivity index (χ0v) is 6.34. The molecule has 2 N–H and O–H groups in total. The van der Waals surface area contributed by atoms with Crippen LogP contribution in [0.1, 0.15) is 13.3 Å². The number of aliphatic hydroxyl groups is 1. The van der Waals surface area contributed by atoms with Crippen LogP contribution in [0.4, 0.5) is 0 Å². The van der Waals surface area contributed by atoms with Gasteiger partial charge < -0.3 is 15.2 Å². The largest absolute Gasteiger partial charge is 0.396 e. The summed E-state index contributed by atoms with van der Waals surface area (Å²) in [6.07, 6.45) is 0.830. The van der Waals surface area contributed by atoms with Crippen LogP contribution in [-0.4, -0.2) is 37.0 Å². The second-order valence-corrected chi connectivity index (χ2v) is 2.81. The van der Waals surface area contributed by atoms with E-state index in [2.05, 4.69) is 12.2 Å². The highest BCUT2D eigenvalue weighted by molar-refractivity contribution is 4.76. The van der Waals surface area contributed by atoms with Gasteiger partial charge in [0.05, 0.1) is 19.3 Å². The molecule has 1 saturated heterocycles. The Labute approximate surface area is 61.4 Å². The maximum atomic E-state index is 8.57. The van der Waals surface area contributed by atoms with Crippen LogP contribution in [-0.2, 0) is 4.74 Å². The van der Waals surface area contributed by atoms with Crippen molar-refractivity contribution in [3.63, 3.8) is 0 Å². The molecule has 1 aliphatic rings. The molecular formula is C7H15NO2. The predicted octanol–water partition coefficient (Wildman–Crippen LogP) is -0.254. The summed E-state index contributed by atoms with van der Waals surface area (Å²) in [6.45, 7) is 4.00. The van der Waals surface area contributed by atoms with Crippen LogP contribution in [0, 0.1) is 0 Å². The van der Waals surface area contributed by atoms with Crippen molar-refractivity contribution in [1.29, 1.82) is 0 Å². The Balaban J connectivity index is 1.99. The summed E-state index contributed by atoms with van der Waals surface area (Å²) >= 11 is 0. The fraction of sp³-hybridized carbons (Fsp3) is 1.00. The highest BCUT2D eigenvalue weighted by atomic mass is 16.5. The van der Waals surface area contributed by atoms with Crippen molar-refractivity contribution >= 4 is 0 Å². The van der Waals surface area contributed by atoms with Crippen LogP contribution in [0.15, 0.2) is 0 Å². The molecule has 3 heteroatoms. The van der Waals surface area contributed by atoms with E-state index in [4.69, 9.17) is 9.84 Å². The molecule has 0 radical (unpaired) electrons. The van der Waals surface area contributed by atoms with Gasteiger partial charge in [0, 0.05) is 12.6 Å². The number of ether oxygens (including phenoxy) is 1. The molecule has 0 bridgehead atoms. The summed E-state index contributed by atoms with van der Waals surface area (Å²) in [5.41, 5.74) is 0. The van der Waals surface area contributed by atoms with Gasteiger partial charge in [0.15, 0.2) is 0 Å². The molecular weight excluding hydrogens is 130 g/mol. The number of aliphatic hydroxyl groups excluding tert-OH is 1. The Bertz CT molecular complexity index is 93.6. The monoisotopic (exact) mass is 145 g/mol. The number of hydrogen-bond acceptors (Lipinski definition) is 3. The molecule has 0 aliphatic carbocycles. The first-order valence-corrected chi connectivity index (χ1v) is 3.77. The quantitative estimate of drug-likeness (QED) is 0.573. The van der Waals surface area contributed by atoms with Gasteiger partial charge in [0.25, 0.3) is 0 Å². The van der Waals surface area contributed by atoms with E-state index in [0.29, 0.717) is 12.1 Å². The smallest absolute Gasteiger partial charge is 0.0643 e. The number of rotatable bonds is 4. The van der Waals surface area contributed by atoms with Gasteiger partial charge in [-0.05, 0) is 13.3 Å². The highest BCUT2D eigenvalue weighted by Gasteiger charge is 2.19. The Morgan fingerprint density at radius 3 is 2.80 bits per heavy atom. The van der Waals surface area contributed by atoms with Crippen molar-refractivity contribution in [3.8, 4) is 0 Å². The van der Waals surface area contributed by atoms with Crippen molar-refractivity contribution in [2.75, 3.05) is 19.8 Å². The number of hydrogen-bond donors (Lipinski definition) is 2. The summed E-state index contributed by atoms with van der Waals surface area (Å²) in [4.78, 5) is 0. The molecule has 0 aromatic heterocycles. The highest BCUT2D eigenvalue weighted by Crippen LogP contribution is 2.02. The van der Waals surface area contributed by atoms with Crippen LogP contribution >= 0.6 is 0 Å². The Hall–Kier alpha value is -0.120. The first kappa shape index (κ1) is 7.98. The summed E-state index contributed by atoms with van der Waals surface area (Å²) in [5, 5.41) is 11.9. The predicted molar refractivity (Wildman–Crippen MR) is 38.9 cm³/mol. The zero-order valence-electron chi connectivity index (χ0n) is 6.34. The van der Waals surface area contributed by atoms with Gasteiger partial charge in [-0.2, -0.15) is 0 Å². The molecule has 0 aromatic carbocycles. The van der Waals surface area contributed by atoms with Crippen molar-refractivity contribution in [3.05, 3.63) is 0 Å². The maximum Gasteiger partial charge on any atom is 0.0643 e. The Kier molecular flexibility index (Phi) is 3.12. The third-order valence-corrected chi connectivity index (χ3v) is 1.72. The third-order valence-electron chi connectivity index (χ3n) is 1.72. The van der Waals surface area contributed by atoms with E-state index < -0.39 is 0 Å². The van der Waals surface area contributed by atoms with E-state index in [1.54, 1.807) is 0 Å². The minimum absolute atomic E-state index is 0.266. The molecule has 0 unspecified atom stereocenters. The van der Waals surface area contributed by atoms with E-state index in [-0.39, 0.29) is 6.61 Å². The first-order valence-electron chi connectivity index (χ1n) is 3.77. The molecule has 1 rings (SSSR count). The lowest BCUT2D eigenvalue weighted by Gasteiger charge is -2.29. The summed E-state index contributed by atoms with van der Waals surface area (Å²) in [6, 6.07) is 0.945. The average Bonchev–Trinajstić information content (AvgIpc) is 1.80. The van der Waals surface area contributed by atoms with Crippen LogP contribution in [0.25, 0.3) is 0 Å². The van der Waals surface area contributed by atoms with E-state index in [0.717, 1.165) is 19.6 Å². The van der Waals surface area contributed by atoms with E-state index in [9.17, 15) is 0 Å². The van der Waals surface area contributed by atoms with Crippen LogP contribution < -0.4 is 5.32 Å². The fourth-order valence-corrected chi connectivity index (χ4v) is 1.01. The molecule has 1 atom stereocenters. The lowest BCUT2D eigenvalue weighted by Crippen LogP contribution is -2.49. The van der Waals surface area contributed by atoms with Gasteiger partial charge in [-0.1, -0.05) is 0 Å². The van der Waals surface area contributed by atoms with Gasteiger partial charge >= 0.3 is 0 Å². The molecule has 0 amide bonds. The summed E-state index contributed by atoms with van der Waals surface area (Å²) in [5.74, 6) is 0. The fourth-order valence-electron chi connectivity index (χ4n) is 1.01. The molecule has 0 aromatic rings. The van der Waals surface area contributed by atoms with Gasteiger partial charge in [-0.3, -0.25) is 0 Å². The lowest BCUT2D eigenvalue weighted by molar-refractivity contribution is -0.0101. The minimum Gasteiger partial charge on any atom is -0.396 e. The van der Waals surface area contributed by atoms with Crippen LogP contribution in [0.5, 0.6) is 0 Å². The normalized spacial score (nSPS) is 22.2. The van der Waals surface area contributed by atoms with Crippen LogP contribution in [0.2, 0.25) is 0 Å². The molecule has 10 heavy (non-hydrogen) atoms. The van der Waals surface area contributed by atoms with Gasteiger partial charge in [0.2, 0.25) is 0 Å². The summed E-state index contributed by atoms with van der Waals surface area (Å²) < 4.78 is 4.99. The van der Waals surface area contributed by atoms with E-state index in [1.807, 2.05) is 0 Å². The Morgan fingerprint density at radius 1 is 1.70 bits per heavy atom. The topological polar surface area (TPSA) is 41.5 Å². The number of nitrogens with one attached hydrogen (secondary N) is 1. The standard InChI is InChI=1S/C7H15NO2/c1-6(2-3-9)8-7-4-10-5-7/h6-9H,2-5H2,1H3/t6-/m0/s1. The maximum absolute atomic E-state index is 8.57. The molecule has 1 fully saturated rings. The van der Waals surface area contributed by atoms with Crippen molar-refractivity contribution in [2.45, 2.75) is 25.4 Å². The van der Waals surface area contributed by atoms with Crippen molar-refractivity contribution in [2.24, 2.45) is 0 Å². The lowest BCUT2D eigenvalue weighted by atomic mass is 10.2. The molecule has 0 saturated carbocycles. The second-order valence-electron chi connectivity index (χ2n) is 2.81.